The molecule has 0 atom stereocenters. The SMILES string of the molecule is Clc1ccc(NCc2c(OCc3c(Cl)cccc3Cl)ccc3ccccc23)c(Cl)c1. The molecule has 152 valence electrons. The summed E-state index contributed by atoms with van der Waals surface area (Å²) >= 11 is 24.9. The molecule has 0 fully saturated rings. The van der Waals surface area contributed by atoms with Crippen LogP contribution in [0, 0.1) is 0 Å². The largest absolute Gasteiger partial charge is 0.488 e. The average molecular weight is 477 g/mol. The fraction of sp³-hybridized carbons (Fsp3) is 0.0833. The summed E-state index contributed by atoms with van der Waals surface area (Å²) in [5.41, 5.74) is 2.57. The molecule has 30 heavy (non-hydrogen) atoms. The lowest BCUT2D eigenvalue weighted by atomic mass is 10.0. The van der Waals surface area contributed by atoms with Gasteiger partial charge in [-0.1, -0.05) is 82.8 Å². The molecule has 0 bridgehead atoms. The number of nitrogens with one attached hydrogen (secondary N) is 1. The van der Waals surface area contributed by atoms with Crippen molar-refractivity contribution in [1.29, 1.82) is 0 Å². The van der Waals surface area contributed by atoms with Crippen molar-refractivity contribution in [3.05, 3.63) is 104 Å². The summed E-state index contributed by atoms with van der Waals surface area (Å²) in [7, 11) is 0. The number of fused-ring (bicyclic) bond motifs is 1. The highest BCUT2D eigenvalue weighted by molar-refractivity contribution is 6.36. The van der Waals surface area contributed by atoms with E-state index in [1.165, 1.54) is 0 Å². The third kappa shape index (κ3) is 4.63. The van der Waals surface area contributed by atoms with Crippen LogP contribution in [0.4, 0.5) is 5.69 Å². The van der Waals surface area contributed by atoms with Gasteiger partial charge >= 0.3 is 0 Å². The lowest BCUT2D eigenvalue weighted by molar-refractivity contribution is 0.304. The van der Waals surface area contributed by atoms with Gasteiger partial charge in [0.1, 0.15) is 12.4 Å². The topological polar surface area (TPSA) is 21.3 Å². The molecule has 2 nitrogen and oxygen atoms in total. The zero-order valence-corrected chi connectivity index (χ0v) is 18.8. The van der Waals surface area contributed by atoms with Crippen LogP contribution in [0.2, 0.25) is 20.1 Å². The maximum atomic E-state index is 6.32. The van der Waals surface area contributed by atoms with Gasteiger partial charge < -0.3 is 10.1 Å². The summed E-state index contributed by atoms with van der Waals surface area (Å²) < 4.78 is 6.17. The smallest absolute Gasteiger partial charge is 0.125 e. The summed E-state index contributed by atoms with van der Waals surface area (Å²) in [6, 6.07) is 23.0. The first kappa shape index (κ1) is 21.1. The summed E-state index contributed by atoms with van der Waals surface area (Å²) in [5.74, 6) is 0.752. The molecule has 4 aromatic carbocycles. The van der Waals surface area contributed by atoms with Crippen molar-refractivity contribution in [1.82, 2.24) is 0 Å². The van der Waals surface area contributed by atoms with Crippen molar-refractivity contribution in [2.45, 2.75) is 13.2 Å². The number of halogens is 4. The summed E-state index contributed by atoms with van der Waals surface area (Å²) in [6.45, 7) is 0.792. The van der Waals surface area contributed by atoms with Gasteiger partial charge in [0, 0.05) is 32.7 Å². The quantitative estimate of drug-likeness (QED) is 0.300. The molecule has 0 aliphatic carbocycles. The van der Waals surface area contributed by atoms with Gasteiger partial charge in [-0.15, -0.1) is 0 Å². The number of ether oxygens (including phenoxy) is 1. The van der Waals surface area contributed by atoms with Gasteiger partial charge in [-0.25, -0.2) is 0 Å². The molecule has 0 spiro atoms. The van der Waals surface area contributed by atoms with Crippen molar-refractivity contribution in [3.8, 4) is 5.75 Å². The van der Waals surface area contributed by atoms with Crippen LogP contribution in [0.5, 0.6) is 5.75 Å². The Morgan fingerprint density at radius 2 is 1.47 bits per heavy atom. The van der Waals surface area contributed by atoms with E-state index in [2.05, 4.69) is 17.4 Å². The Kier molecular flexibility index (Phi) is 6.60. The van der Waals surface area contributed by atoms with Gasteiger partial charge in [0.25, 0.3) is 0 Å². The fourth-order valence-corrected chi connectivity index (χ4v) is 4.25. The molecule has 0 amide bonds. The van der Waals surface area contributed by atoms with E-state index < -0.39 is 0 Å². The second kappa shape index (κ2) is 9.36. The summed E-state index contributed by atoms with van der Waals surface area (Å²) in [4.78, 5) is 0. The van der Waals surface area contributed by atoms with E-state index in [0.717, 1.165) is 33.3 Å². The Bertz CT molecular complexity index is 1190. The molecular formula is C24H17Cl4NO. The second-order valence-electron chi connectivity index (χ2n) is 6.73. The molecule has 1 N–H and O–H groups in total. The van der Waals surface area contributed by atoms with Crippen LogP contribution in [0.25, 0.3) is 10.8 Å². The number of hydrogen-bond donors (Lipinski definition) is 1. The zero-order valence-electron chi connectivity index (χ0n) is 15.8. The molecule has 0 heterocycles. The van der Waals surface area contributed by atoms with E-state index in [1.807, 2.05) is 36.4 Å². The molecule has 0 aromatic heterocycles. The Morgan fingerprint density at radius 3 is 2.23 bits per heavy atom. The minimum Gasteiger partial charge on any atom is -0.488 e. The number of hydrogen-bond acceptors (Lipinski definition) is 2. The van der Waals surface area contributed by atoms with E-state index in [9.17, 15) is 0 Å². The van der Waals surface area contributed by atoms with Gasteiger partial charge in [-0.2, -0.15) is 0 Å². The Labute approximate surface area is 195 Å². The molecule has 0 saturated carbocycles. The molecule has 4 aromatic rings. The van der Waals surface area contributed by atoms with Gasteiger partial charge in [-0.3, -0.25) is 0 Å². The van der Waals surface area contributed by atoms with Crippen molar-refractivity contribution < 1.29 is 4.74 Å². The van der Waals surface area contributed by atoms with Gasteiger partial charge in [0.15, 0.2) is 0 Å². The Balaban J connectivity index is 1.66. The van der Waals surface area contributed by atoms with Gasteiger partial charge in [-0.05, 0) is 47.2 Å². The van der Waals surface area contributed by atoms with E-state index in [-0.39, 0.29) is 6.61 Å². The standard InChI is InChI=1S/C24H17Cl4NO/c25-16-9-10-23(22(28)12-16)29-13-18-17-5-2-1-4-15(17)8-11-24(18)30-14-19-20(26)6-3-7-21(19)27/h1-12,29H,13-14H2. The van der Waals surface area contributed by atoms with E-state index in [4.69, 9.17) is 51.1 Å². The number of anilines is 1. The third-order valence-electron chi connectivity index (χ3n) is 4.82. The molecule has 0 unspecified atom stereocenters. The highest BCUT2D eigenvalue weighted by Gasteiger charge is 2.12. The van der Waals surface area contributed by atoms with Crippen LogP contribution in [-0.2, 0) is 13.2 Å². The van der Waals surface area contributed by atoms with Crippen molar-refractivity contribution in [2.75, 3.05) is 5.32 Å². The lowest BCUT2D eigenvalue weighted by Gasteiger charge is -2.17. The number of benzene rings is 4. The first-order valence-electron chi connectivity index (χ1n) is 9.28. The van der Waals surface area contributed by atoms with Gasteiger partial charge in [0.2, 0.25) is 0 Å². The summed E-state index contributed by atoms with van der Waals surface area (Å²) in [6.07, 6.45) is 0. The Hall–Kier alpha value is -2.10. The van der Waals surface area contributed by atoms with Crippen molar-refractivity contribution in [3.63, 3.8) is 0 Å². The van der Waals surface area contributed by atoms with E-state index in [1.54, 1.807) is 24.3 Å². The normalized spacial score (nSPS) is 10.9. The summed E-state index contributed by atoms with van der Waals surface area (Å²) in [5, 5.41) is 7.92. The minimum absolute atomic E-state index is 0.269. The van der Waals surface area contributed by atoms with E-state index in [0.29, 0.717) is 26.6 Å². The monoisotopic (exact) mass is 475 g/mol. The van der Waals surface area contributed by atoms with Crippen LogP contribution in [0.3, 0.4) is 0 Å². The van der Waals surface area contributed by atoms with Crippen LogP contribution in [0.15, 0.2) is 72.8 Å². The molecule has 6 heteroatoms. The van der Waals surface area contributed by atoms with Crippen LogP contribution >= 0.6 is 46.4 Å². The first-order valence-corrected chi connectivity index (χ1v) is 10.8. The zero-order chi connectivity index (χ0) is 21.1. The van der Waals surface area contributed by atoms with Crippen LogP contribution in [0.1, 0.15) is 11.1 Å². The van der Waals surface area contributed by atoms with Crippen LogP contribution < -0.4 is 10.1 Å². The van der Waals surface area contributed by atoms with Crippen LogP contribution in [-0.4, -0.2) is 0 Å². The maximum absolute atomic E-state index is 6.32. The number of rotatable bonds is 6. The fourth-order valence-electron chi connectivity index (χ4n) is 3.27. The minimum atomic E-state index is 0.269. The maximum Gasteiger partial charge on any atom is 0.125 e. The highest BCUT2D eigenvalue weighted by Crippen LogP contribution is 2.33. The molecule has 4 rings (SSSR count). The lowest BCUT2D eigenvalue weighted by Crippen LogP contribution is -2.05. The van der Waals surface area contributed by atoms with Gasteiger partial charge in [0.05, 0.1) is 10.7 Å². The predicted octanol–water partition coefficient (Wildman–Crippen LogP) is 8.64. The predicted molar refractivity (Wildman–Crippen MR) is 129 cm³/mol. The highest BCUT2D eigenvalue weighted by atomic mass is 35.5. The first-order chi connectivity index (χ1) is 14.5. The second-order valence-corrected chi connectivity index (χ2v) is 8.39. The molecule has 0 saturated heterocycles. The molecule has 0 radical (unpaired) electrons. The molecule has 0 aliphatic heterocycles. The average Bonchev–Trinajstić information content (AvgIpc) is 2.73. The Morgan fingerprint density at radius 1 is 0.700 bits per heavy atom. The van der Waals surface area contributed by atoms with Crippen molar-refractivity contribution in [2.24, 2.45) is 0 Å². The van der Waals surface area contributed by atoms with E-state index >= 15 is 0 Å². The molecule has 0 aliphatic rings. The van der Waals surface area contributed by atoms with Crippen molar-refractivity contribution >= 4 is 62.9 Å². The third-order valence-corrected chi connectivity index (χ3v) is 6.07. The molecular weight excluding hydrogens is 460 g/mol.